The summed E-state index contributed by atoms with van der Waals surface area (Å²) in [6.45, 7) is 2.41. The molecule has 2 aliphatic carbocycles. The van der Waals surface area contributed by atoms with Crippen LogP contribution < -0.4 is 4.90 Å². The number of allylic oxidation sites excluding steroid dienone is 2. The highest BCUT2D eigenvalue weighted by molar-refractivity contribution is 6.21. The summed E-state index contributed by atoms with van der Waals surface area (Å²) in [4.78, 5) is 2.55. The Morgan fingerprint density at radius 2 is 1.03 bits per heavy atom. The van der Waals surface area contributed by atoms with Crippen molar-refractivity contribution in [2.24, 2.45) is 0 Å². The average Bonchev–Trinajstić information content (AvgIpc) is 3.83. The van der Waals surface area contributed by atoms with Crippen molar-refractivity contribution in [2.45, 2.75) is 24.3 Å². The molecule has 10 aromatic rings. The number of aromatic nitrogens is 1. The molecule has 0 radical (unpaired) electrons. The second kappa shape index (κ2) is 14.2. The number of rotatable bonds is 7. The molecule has 0 aliphatic heterocycles. The van der Waals surface area contributed by atoms with Crippen molar-refractivity contribution in [2.75, 3.05) is 4.90 Å². The van der Waals surface area contributed by atoms with E-state index >= 15 is 0 Å². The predicted molar refractivity (Wildman–Crippen MR) is 261 cm³/mol. The van der Waals surface area contributed by atoms with Crippen molar-refractivity contribution in [3.63, 3.8) is 0 Å². The summed E-state index contributed by atoms with van der Waals surface area (Å²) in [6.07, 6.45) is 5.70. The van der Waals surface area contributed by atoms with E-state index in [9.17, 15) is 0 Å². The fraction of sp³-hybridized carbons (Fsp3) is 0.0667. The van der Waals surface area contributed by atoms with Gasteiger partial charge in [0.2, 0.25) is 0 Å². The van der Waals surface area contributed by atoms with E-state index in [1.54, 1.807) is 0 Å². The van der Waals surface area contributed by atoms with Gasteiger partial charge in [0, 0.05) is 27.8 Å². The minimum Gasteiger partial charge on any atom is -0.332 e. The van der Waals surface area contributed by atoms with Gasteiger partial charge in [0.05, 0.1) is 22.0 Å². The Kier molecular flexibility index (Phi) is 8.30. The molecule has 62 heavy (non-hydrogen) atoms. The number of hydrogen-bond donors (Lipinski definition) is 0. The van der Waals surface area contributed by atoms with E-state index in [0.29, 0.717) is 0 Å². The first-order chi connectivity index (χ1) is 30.6. The molecule has 9 aromatic carbocycles. The molecule has 0 spiro atoms. The molecule has 0 bridgehead atoms. The summed E-state index contributed by atoms with van der Waals surface area (Å²) in [5, 5.41) is 5.13. The Morgan fingerprint density at radius 3 is 1.74 bits per heavy atom. The minimum atomic E-state index is -0.425. The van der Waals surface area contributed by atoms with Crippen LogP contribution in [-0.2, 0) is 5.41 Å². The van der Waals surface area contributed by atoms with Crippen molar-refractivity contribution < 1.29 is 0 Å². The number of para-hydroxylation sites is 2. The van der Waals surface area contributed by atoms with Crippen molar-refractivity contribution in [1.29, 1.82) is 0 Å². The maximum absolute atomic E-state index is 2.55. The molecule has 2 aliphatic rings. The van der Waals surface area contributed by atoms with Gasteiger partial charge in [-0.1, -0.05) is 188 Å². The lowest BCUT2D eigenvalue weighted by Gasteiger charge is -2.46. The molecule has 0 amide bonds. The summed E-state index contributed by atoms with van der Waals surface area (Å²) in [5.41, 5.74) is 15.6. The highest BCUT2D eigenvalue weighted by atomic mass is 15.2. The zero-order valence-electron chi connectivity index (χ0n) is 34.6. The van der Waals surface area contributed by atoms with Crippen LogP contribution in [0.5, 0.6) is 0 Å². The third-order valence-electron chi connectivity index (χ3n) is 13.6. The molecule has 0 saturated heterocycles. The molecular formula is C60H44N2. The Morgan fingerprint density at radius 1 is 0.468 bits per heavy atom. The van der Waals surface area contributed by atoms with Crippen LogP contribution in [0.4, 0.5) is 11.4 Å². The maximum atomic E-state index is 2.55. The van der Waals surface area contributed by atoms with Crippen molar-refractivity contribution in [3.8, 4) is 16.8 Å². The maximum Gasteiger partial charge on any atom is 0.0677 e. The van der Waals surface area contributed by atoms with E-state index in [1.807, 2.05) is 0 Å². The van der Waals surface area contributed by atoms with Gasteiger partial charge in [-0.05, 0) is 117 Å². The monoisotopic (exact) mass is 792 g/mol. The Hall–Kier alpha value is -7.68. The van der Waals surface area contributed by atoms with E-state index in [0.717, 1.165) is 17.8 Å². The summed E-state index contributed by atoms with van der Waals surface area (Å²) in [7, 11) is 0. The lowest BCUT2D eigenvalue weighted by atomic mass is 9.63. The molecule has 0 saturated carbocycles. The van der Waals surface area contributed by atoms with Crippen LogP contribution in [0.15, 0.2) is 242 Å². The van der Waals surface area contributed by atoms with Crippen LogP contribution in [0, 0.1) is 0 Å². The Balaban J connectivity index is 0.930. The Bertz CT molecular complexity index is 3320. The van der Waals surface area contributed by atoms with Gasteiger partial charge in [-0.2, -0.15) is 0 Å². The number of fused-ring (bicyclic) bond motifs is 7. The third-order valence-corrected chi connectivity index (χ3v) is 13.6. The number of anilines is 2. The van der Waals surface area contributed by atoms with Crippen LogP contribution >= 0.6 is 0 Å². The van der Waals surface area contributed by atoms with Gasteiger partial charge in [-0.25, -0.2) is 0 Å². The zero-order valence-corrected chi connectivity index (χ0v) is 34.6. The van der Waals surface area contributed by atoms with E-state index in [1.165, 1.54) is 82.8 Å². The van der Waals surface area contributed by atoms with E-state index in [2.05, 4.69) is 253 Å². The molecule has 2 nitrogen and oxygen atoms in total. The molecule has 1 unspecified atom stereocenters. The second-order valence-corrected chi connectivity index (χ2v) is 17.1. The molecule has 0 fully saturated rings. The van der Waals surface area contributed by atoms with Crippen LogP contribution in [0.25, 0.3) is 55.0 Å². The summed E-state index contributed by atoms with van der Waals surface area (Å²) < 4.78 is 2.41. The second-order valence-electron chi connectivity index (χ2n) is 17.1. The van der Waals surface area contributed by atoms with Gasteiger partial charge in [0.25, 0.3) is 0 Å². The molecular weight excluding hydrogens is 749 g/mol. The summed E-state index contributed by atoms with van der Waals surface area (Å²) in [5.74, 6) is 0. The molecule has 2 heteroatoms. The average molecular weight is 793 g/mol. The standard InChI is InChI=1S/C60H44N2/c1-59(40-39-52-51-25-13-15-27-54(51)60(55(52)41-59,45-18-5-2-6-19-45)46-20-7-3-8-21-46)62(48-22-9-4-10-23-48)49-36-31-43(32-37-49)42-29-34-47(35-30-42)61-56-28-16-14-26-53(56)58-50-24-12-11-17-44(50)33-38-57(58)61/h2-40H,41H2,1H3. The highest BCUT2D eigenvalue weighted by Gasteiger charge is 2.51. The SMILES string of the molecule is CC1(N(c2ccccc2)c2ccc(-c3ccc(-n4c5ccccc5c5c6ccccc6ccc54)cc3)cc2)C=CC2=C(C1)C(c1ccccc1)(c1ccccc1)c1ccccc12. The van der Waals surface area contributed by atoms with E-state index < -0.39 is 5.41 Å². The van der Waals surface area contributed by atoms with E-state index in [-0.39, 0.29) is 5.54 Å². The molecule has 12 rings (SSSR count). The highest BCUT2D eigenvalue weighted by Crippen LogP contribution is 2.59. The summed E-state index contributed by atoms with van der Waals surface area (Å²) >= 11 is 0. The fourth-order valence-electron chi connectivity index (χ4n) is 11.0. The van der Waals surface area contributed by atoms with Crippen molar-refractivity contribution in [3.05, 3.63) is 264 Å². The predicted octanol–water partition coefficient (Wildman–Crippen LogP) is 15.3. The largest absolute Gasteiger partial charge is 0.332 e. The lowest BCUT2D eigenvalue weighted by Crippen LogP contribution is -2.45. The van der Waals surface area contributed by atoms with Gasteiger partial charge in [-0.3, -0.25) is 0 Å². The van der Waals surface area contributed by atoms with Gasteiger partial charge in [-0.15, -0.1) is 0 Å². The first-order valence-electron chi connectivity index (χ1n) is 21.7. The Labute approximate surface area is 363 Å². The topological polar surface area (TPSA) is 8.17 Å². The van der Waals surface area contributed by atoms with Crippen molar-refractivity contribution in [1.82, 2.24) is 4.57 Å². The van der Waals surface area contributed by atoms with E-state index in [4.69, 9.17) is 0 Å². The van der Waals surface area contributed by atoms with Gasteiger partial charge < -0.3 is 9.47 Å². The number of hydrogen-bond acceptors (Lipinski definition) is 1. The quantitative estimate of drug-likeness (QED) is 0.156. The van der Waals surface area contributed by atoms with Crippen LogP contribution in [0.3, 0.4) is 0 Å². The van der Waals surface area contributed by atoms with Crippen LogP contribution in [0.2, 0.25) is 0 Å². The van der Waals surface area contributed by atoms with Gasteiger partial charge >= 0.3 is 0 Å². The molecule has 1 atom stereocenters. The molecule has 0 N–H and O–H groups in total. The molecule has 294 valence electrons. The molecule has 1 heterocycles. The molecule has 1 aromatic heterocycles. The zero-order chi connectivity index (χ0) is 41.3. The third kappa shape index (κ3) is 5.43. The number of nitrogens with zero attached hydrogens (tertiary/aromatic N) is 2. The van der Waals surface area contributed by atoms with Crippen molar-refractivity contribution >= 4 is 49.5 Å². The lowest BCUT2D eigenvalue weighted by molar-refractivity contribution is 0.525. The fourth-order valence-corrected chi connectivity index (χ4v) is 11.0. The summed E-state index contributed by atoms with van der Waals surface area (Å²) in [6, 6.07) is 82.6. The van der Waals surface area contributed by atoms with Gasteiger partial charge in [0.15, 0.2) is 0 Å². The normalized spacial score (nSPS) is 16.5. The smallest absolute Gasteiger partial charge is 0.0677 e. The minimum absolute atomic E-state index is 0.381. The van der Waals surface area contributed by atoms with Crippen LogP contribution in [0.1, 0.15) is 35.6 Å². The van der Waals surface area contributed by atoms with Gasteiger partial charge in [0.1, 0.15) is 0 Å². The number of benzene rings is 9. The first kappa shape index (κ1) is 36.2. The van der Waals surface area contributed by atoms with Crippen LogP contribution in [-0.4, -0.2) is 10.1 Å². The first-order valence-corrected chi connectivity index (χ1v) is 21.7.